The number of aryl methyl sites for hydroxylation is 1. The van der Waals surface area contributed by atoms with Crippen LogP contribution >= 0.6 is 0 Å². The van der Waals surface area contributed by atoms with E-state index in [-0.39, 0.29) is 18.6 Å². The van der Waals surface area contributed by atoms with E-state index in [1.807, 2.05) is 42.5 Å². The lowest BCUT2D eigenvalue weighted by molar-refractivity contribution is -0.141. The summed E-state index contributed by atoms with van der Waals surface area (Å²) in [7, 11) is 1.72. The molecule has 0 spiro atoms. The second-order valence-electron chi connectivity index (χ2n) is 6.53. The molecule has 1 aliphatic heterocycles. The Bertz CT molecular complexity index is 927. The van der Waals surface area contributed by atoms with E-state index in [1.165, 1.54) is 4.80 Å². The Morgan fingerprint density at radius 3 is 2.68 bits per heavy atom. The van der Waals surface area contributed by atoms with E-state index >= 15 is 0 Å². The number of hydrogen-bond acceptors (Lipinski definition) is 6. The van der Waals surface area contributed by atoms with E-state index in [0.717, 1.165) is 11.1 Å². The third-order valence-electron chi connectivity index (χ3n) is 4.57. The molecular formula is C20H21N5O3. The molecule has 0 N–H and O–H groups in total. The molecule has 28 heavy (non-hydrogen) atoms. The van der Waals surface area contributed by atoms with Gasteiger partial charge in [0, 0.05) is 12.1 Å². The van der Waals surface area contributed by atoms with Crippen LogP contribution in [-0.4, -0.2) is 57.3 Å². The summed E-state index contributed by atoms with van der Waals surface area (Å²) in [5.41, 5.74) is 1.92. The van der Waals surface area contributed by atoms with E-state index in [2.05, 4.69) is 15.4 Å². The first-order chi connectivity index (χ1) is 13.7. The van der Waals surface area contributed by atoms with Crippen LogP contribution in [0.15, 0.2) is 54.6 Å². The van der Waals surface area contributed by atoms with Gasteiger partial charge >= 0.3 is 0 Å². The molecular weight excluding hydrogens is 358 g/mol. The lowest BCUT2D eigenvalue weighted by Gasteiger charge is -2.33. The molecule has 0 aliphatic carbocycles. The Balaban J connectivity index is 1.32. The van der Waals surface area contributed by atoms with Gasteiger partial charge in [-0.25, -0.2) is 0 Å². The van der Waals surface area contributed by atoms with Crippen LogP contribution in [0.5, 0.6) is 5.75 Å². The number of aromatic nitrogens is 4. The highest BCUT2D eigenvalue weighted by molar-refractivity contribution is 5.78. The fourth-order valence-electron chi connectivity index (χ4n) is 3.08. The zero-order valence-corrected chi connectivity index (χ0v) is 15.6. The minimum Gasteiger partial charge on any atom is -0.484 e. The highest BCUT2D eigenvalue weighted by Crippen LogP contribution is 2.22. The van der Waals surface area contributed by atoms with Crippen molar-refractivity contribution in [2.45, 2.75) is 6.10 Å². The average Bonchev–Trinajstić information content (AvgIpc) is 3.19. The number of rotatable bonds is 5. The maximum atomic E-state index is 12.6. The van der Waals surface area contributed by atoms with Gasteiger partial charge in [0.1, 0.15) is 11.9 Å². The molecule has 1 aromatic heterocycles. The van der Waals surface area contributed by atoms with Gasteiger partial charge in [0.05, 0.1) is 20.2 Å². The van der Waals surface area contributed by atoms with Crippen molar-refractivity contribution in [3.05, 3.63) is 60.2 Å². The molecule has 0 unspecified atom stereocenters. The van der Waals surface area contributed by atoms with Crippen LogP contribution in [0.1, 0.15) is 11.7 Å². The molecule has 1 atom stereocenters. The van der Waals surface area contributed by atoms with E-state index in [0.29, 0.717) is 31.3 Å². The smallest absolute Gasteiger partial charge is 0.260 e. The van der Waals surface area contributed by atoms with Crippen molar-refractivity contribution >= 4 is 5.91 Å². The van der Waals surface area contributed by atoms with Gasteiger partial charge in [0.2, 0.25) is 5.82 Å². The molecule has 4 rings (SSSR count). The summed E-state index contributed by atoms with van der Waals surface area (Å²) in [5.74, 6) is 1.11. The van der Waals surface area contributed by atoms with E-state index in [9.17, 15) is 4.79 Å². The van der Waals surface area contributed by atoms with E-state index in [1.54, 1.807) is 24.1 Å². The maximum Gasteiger partial charge on any atom is 0.260 e. The summed E-state index contributed by atoms with van der Waals surface area (Å²) in [6, 6.07) is 17.2. The maximum absolute atomic E-state index is 12.6. The summed E-state index contributed by atoms with van der Waals surface area (Å²) < 4.78 is 11.5. The molecule has 2 aromatic carbocycles. The topological polar surface area (TPSA) is 82.4 Å². The highest BCUT2D eigenvalue weighted by atomic mass is 16.5. The van der Waals surface area contributed by atoms with Crippen molar-refractivity contribution in [2.75, 3.05) is 26.3 Å². The van der Waals surface area contributed by atoms with Gasteiger partial charge in [0.25, 0.3) is 5.91 Å². The third kappa shape index (κ3) is 4.17. The van der Waals surface area contributed by atoms with Crippen molar-refractivity contribution in [3.8, 4) is 17.1 Å². The Kier molecular flexibility index (Phi) is 5.29. The average molecular weight is 379 g/mol. The first-order valence-electron chi connectivity index (χ1n) is 9.10. The quantitative estimate of drug-likeness (QED) is 0.673. The molecule has 0 bridgehead atoms. The second kappa shape index (κ2) is 8.18. The standard InChI is InChI=1S/C20H21N5O3/c1-24-22-20(21-23-24)16-7-9-17(10-8-16)28-14-19(26)25-11-12-27-18(13-25)15-5-3-2-4-6-15/h2-10,18H,11-14H2,1H3/t18-/m1/s1. The Morgan fingerprint density at radius 2 is 1.96 bits per heavy atom. The second-order valence-corrected chi connectivity index (χ2v) is 6.53. The summed E-state index contributed by atoms with van der Waals surface area (Å²) >= 11 is 0. The molecule has 2 heterocycles. The van der Waals surface area contributed by atoms with Crippen molar-refractivity contribution in [2.24, 2.45) is 7.05 Å². The summed E-state index contributed by atoms with van der Waals surface area (Å²) in [6.07, 6.45) is -0.0994. The van der Waals surface area contributed by atoms with Gasteiger partial charge in [-0.3, -0.25) is 4.79 Å². The van der Waals surface area contributed by atoms with Gasteiger partial charge in [-0.2, -0.15) is 4.80 Å². The lowest BCUT2D eigenvalue weighted by atomic mass is 10.1. The fraction of sp³-hybridized carbons (Fsp3) is 0.300. The zero-order valence-electron chi connectivity index (χ0n) is 15.6. The lowest BCUT2D eigenvalue weighted by Crippen LogP contribution is -2.44. The summed E-state index contributed by atoms with van der Waals surface area (Å²) in [4.78, 5) is 15.8. The van der Waals surface area contributed by atoms with E-state index < -0.39 is 0 Å². The Morgan fingerprint density at radius 1 is 1.18 bits per heavy atom. The number of tetrazole rings is 1. The molecule has 1 aliphatic rings. The molecule has 144 valence electrons. The van der Waals surface area contributed by atoms with Gasteiger partial charge in [-0.05, 0) is 35.0 Å². The largest absolute Gasteiger partial charge is 0.484 e. The van der Waals surface area contributed by atoms with Crippen LogP contribution in [0.2, 0.25) is 0 Å². The third-order valence-corrected chi connectivity index (χ3v) is 4.57. The minimum absolute atomic E-state index is 0.00967. The molecule has 1 saturated heterocycles. The van der Waals surface area contributed by atoms with Crippen LogP contribution < -0.4 is 4.74 Å². The fourth-order valence-corrected chi connectivity index (χ4v) is 3.08. The monoisotopic (exact) mass is 379 g/mol. The summed E-state index contributed by atoms with van der Waals surface area (Å²) in [5, 5.41) is 11.9. The molecule has 0 saturated carbocycles. The molecule has 1 fully saturated rings. The number of hydrogen-bond donors (Lipinski definition) is 0. The molecule has 8 heteroatoms. The van der Waals surface area contributed by atoms with Crippen LogP contribution in [-0.2, 0) is 16.6 Å². The van der Waals surface area contributed by atoms with Crippen molar-refractivity contribution in [3.63, 3.8) is 0 Å². The molecule has 0 radical (unpaired) electrons. The van der Waals surface area contributed by atoms with Gasteiger partial charge in [-0.15, -0.1) is 10.2 Å². The van der Waals surface area contributed by atoms with Crippen LogP contribution in [0, 0.1) is 0 Å². The van der Waals surface area contributed by atoms with Gasteiger partial charge in [0.15, 0.2) is 6.61 Å². The number of morpholine rings is 1. The van der Waals surface area contributed by atoms with Crippen molar-refractivity contribution in [1.82, 2.24) is 25.1 Å². The van der Waals surface area contributed by atoms with Crippen LogP contribution in [0.3, 0.4) is 0 Å². The van der Waals surface area contributed by atoms with Crippen molar-refractivity contribution < 1.29 is 14.3 Å². The van der Waals surface area contributed by atoms with E-state index in [4.69, 9.17) is 9.47 Å². The van der Waals surface area contributed by atoms with Crippen molar-refractivity contribution in [1.29, 1.82) is 0 Å². The van der Waals surface area contributed by atoms with Crippen LogP contribution in [0.4, 0.5) is 0 Å². The highest BCUT2D eigenvalue weighted by Gasteiger charge is 2.25. The van der Waals surface area contributed by atoms with Crippen LogP contribution in [0.25, 0.3) is 11.4 Å². The first-order valence-corrected chi connectivity index (χ1v) is 9.10. The Hall–Kier alpha value is -3.26. The molecule has 1 amide bonds. The first kappa shape index (κ1) is 18.1. The van der Waals surface area contributed by atoms with Gasteiger partial charge in [-0.1, -0.05) is 30.3 Å². The van der Waals surface area contributed by atoms with Gasteiger partial charge < -0.3 is 14.4 Å². The predicted octanol–water partition coefficient (Wildman–Crippen LogP) is 1.86. The molecule has 8 nitrogen and oxygen atoms in total. The number of benzene rings is 2. The number of nitrogens with zero attached hydrogens (tertiary/aromatic N) is 5. The number of carbonyl (C=O) groups excluding carboxylic acids is 1. The zero-order chi connectivity index (χ0) is 19.3. The Labute approximate surface area is 162 Å². The number of carbonyl (C=O) groups is 1. The SMILES string of the molecule is Cn1nnc(-c2ccc(OCC(=O)N3CCO[C@@H](c4ccccc4)C3)cc2)n1. The summed E-state index contributed by atoms with van der Waals surface area (Å²) in [6.45, 7) is 1.61. The normalized spacial score (nSPS) is 16.8. The number of ether oxygens (including phenoxy) is 2. The molecule has 3 aromatic rings. The minimum atomic E-state index is -0.0994. The predicted molar refractivity (Wildman–Crippen MR) is 101 cm³/mol. The number of amides is 1.